The maximum Gasteiger partial charge on any atom is 0.341 e. The van der Waals surface area contributed by atoms with E-state index < -0.39 is 21.8 Å². The van der Waals surface area contributed by atoms with E-state index in [1.165, 1.54) is 23.5 Å². The van der Waals surface area contributed by atoms with E-state index in [-0.39, 0.29) is 23.1 Å². The lowest BCUT2D eigenvalue weighted by molar-refractivity contribution is 0.0526. The van der Waals surface area contributed by atoms with Gasteiger partial charge in [0.15, 0.2) is 11.6 Å². The molecular formula is C26H25FN4O4S2. The molecule has 2 aromatic heterocycles. The summed E-state index contributed by atoms with van der Waals surface area (Å²) < 4.78 is 47.4. The van der Waals surface area contributed by atoms with E-state index in [1.807, 2.05) is 0 Å². The van der Waals surface area contributed by atoms with Crippen molar-refractivity contribution in [2.24, 2.45) is 5.92 Å². The third kappa shape index (κ3) is 5.14. The Balaban J connectivity index is 1.60. The molecule has 11 heteroatoms. The second-order valence-corrected chi connectivity index (χ2v) is 11.7. The molecule has 1 atom stereocenters. The van der Waals surface area contributed by atoms with Crippen molar-refractivity contribution in [2.45, 2.75) is 38.0 Å². The molecule has 2 N–H and O–H groups in total. The zero-order chi connectivity index (χ0) is 26.2. The van der Waals surface area contributed by atoms with E-state index in [0.29, 0.717) is 27.5 Å². The van der Waals surface area contributed by atoms with Crippen molar-refractivity contribution in [3.63, 3.8) is 0 Å². The number of rotatable bonds is 7. The number of ether oxygens (including phenoxy) is 1. The Hall–Kier alpha value is -3.57. The van der Waals surface area contributed by atoms with Gasteiger partial charge in [-0.05, 0) is 74.1 Å². The Kier molecular flexibility index (Phi) is 6.82. The number of para-hydroxylation sites is 2. The summed E-state index contributed by atoms with van der Waals surface area (Å²) in [7, 11) is -4.11. The van der Waals surface area contributed by atoms with Crippen LogP contribution < -0.4 is 10.0 Å². The Morgan fingerprint density at radius 1 is 1.11 bits per heavy atom. The van der Waals surface area contributed by atoms with Crippen LogP contribution in [-0.2, 0) is 27.6 Å². The maximum absolute atomic E-state index is 13.4. The third-order valence-corrected chi connectivity index (χ3v) is 8.67. The fourth-order valence-corrected chi connectivity index (χ4v) is 6.73. The van der Waals surface area contributed by atoms with E-state index in [4.69, 9.17) is 4.74 Å². The number of carbonyl (C=O) groups is 1. The summed E-state index contributed by atoms with van der Waals surface area (Å²) in [4.78, 5) is 23.1. The van der Waals surface area contributed by atoms with Crippen LogP contribution in [0.2, 0.25) is 0 Å². The molecule has 5 rings (SSSR count). The van der Waals surface area contributed by atoms with E-state index in [2.05, 4.69) is 26.9 Å². The number of nitrogens with one attached hydrogen (secondary N) is 2. The van der Waals surface area contributed by atoms with Gasteiger partial charge in [0, 0.05) is 4.88 Å². The fourth-order valence-electron chi connectivity index (χ4n) is 4.32. The lowest BCUT2D eigenvalue weighted by atomic mass is 9.88. The molecule has 0 saturated heterocycles. The highest BCUT2D eigenvalue weighted by Crippen LogP contribution is 2.42. The molecule has 0 bridgehead atoms. The van der Waals surface area contributed by atoms with Crippen LogP contribution in [0.5, 0.6) is 0 Å². The summed E-state index contributed by atoms with van der Waals surface area (Å²) in [5.74, 6) is -0.389. The number of thiophene rings is 1. The first-order chi connectivity index (χ1) is 17.7. The monoisotopic (exact) mass is 540 g/mol. The van der Waals surface area contributed by atoms with Gasteiger partial charge in [0.05, 0.1) is 28.1 Å². The van der Waals surface area contributed by atoms with Crippen LogP contribution in [0, 0.1) is 11.7 Å². The second kappa shape index (κ2) is 10.1. The van der Waals surface area contributed by atoms with E-state index >= 15 is 0 Å². The van der Waals surface area contributed by atoms with Crippen LogP contribution in [0.25, 0.3) is 11.0 Å². The molecule has 0 radical (unpaired) electrons. The number of sulfonamides is 1. The quantitative estimate of drug-likeness (QED) is 0.290. The zero-order valence-corrected chi connectivity index (χ0v) is 21.9. The van der Waals surface area contributed by atoms with Crippen molar-refractivity contribution in [2.75, 3.05) is 16.6 Å². The van der Waals surface area contributed by atoms with E-state index in [1.54, 1.807) is 31.2 Å². The van der Waals surface area contributed by atoms with Gasteiger partial charge in [-0.2, -0.15) is 0 Å². The average molecular weight is 541 g/mol. The molecular weight excluding hydrogens is 515 g/mol. The number of aromatic nitrogens is 2. The van der Waals surface area contributed by atoms with Crippen LogP contribution in [0.15, 0.2) is 53.4 Å². The minimum Gasteiger partial charge on any atom is -0.462 e. The van der Waals surface area contributed by atoms with Gasteiger partial charge in [-0.1, -0.05) is 19.1 Å². The van der Waals surface area contributed by atoms with Crippen molar-refractivity contribution in [3.05, 3.63) is 70.4 Å². The Bertz CT molecular complexity index is 1590. The molecule has 192 valence electrons. The SMILES string of the molecule is CCOC(=O)c1c(Nc2nc3ccccc3nc2NS(=O)(=O)c2ccc(F)cc2)sc2c1CC[C@@H](C)C2. The number of nitrogens with zero attached hydrogens (tertiary/aromatic N) is 2. The summed E-state index contributed by atoms with van der Waals surface area (Å²) in [6, 6.07) is 11.6. The largest absolute Gasteiger partial charge is 0.462 e. The van der Waals surface area contributed by atoms with Crippen molar-refractivity contribution < 1.29 is 22.3 Å². The van der Waals surface area contributed by atoms with Crippen LogP contribution in [-0.4, -0.2) is 31.0 Å². The van der Waals surface area contributed by atoms with Gasteiger partial charge >= 0.3 is 5.97 Å². The number of hydrogen-bond donors (Lipinski definition) is 2. The Labute approximate surface area is 218 Å². The molecule has 2 heterocycles. The highest BCUT2D eigenvalue weighted by atomic mass is 32.2. The number of hydrogen-bond acceptors (Lipinski definition) is 8. The zero-order valence-electron chi connectivity index (χ0n) is 20.2. The molecule has 4 aromatic rings. The highest BCUT2D eigenvalue weighted by Gasteiger charge is 2.29. The predicted octanol–water partition coefficient (Wildman–Crippen LogP) is 5.68. The normalized spacial score (nSPS) is 15.3. The van der Waals surface area contributed by atoms with Crippen LogP contribution in [0.4, 0.5) is 21.0 Å². The number of anilines is 3. The number of halogens is 1. The number of benzene rings is 2. The molecule has 8 nitrogen and oxygen atoms in total. The maximum atomic E-state index is 13.4. The standard InChI is InChI=1S/C26H25FN4O4S2/c1-3-35-26(32)22-18-13-8-15(2)14-21(18)36-25(22)30-23-24(29-20-7-5-4-6-19(20)28-23)31-37(33,34)17-11-9-16(27)10-12-17/h4-7,9-12,15H,3,8,13-14H2,1-2H3,(H,28,30)(H,29,31)/t15-/m1/s1. The summed E-state index contributed by atoms with van der Waals surface area (Å²) in [5, 5.41) is 3.72. The summed E-state index contributed by atoms with van der Waals surface area (Å²) >= 11 is 1.45. The molecule has 37 heavy (non-hydrogen) atoms. The van der Waals surface area contributed by atoms with Crippen molar-refractivity contribution >= 4 is 55.0 Å². The summed E-state index contributed by atoms with van der Waals surface area (Å²) in [5.41, 5.74) is 2.44. The third-order valence-electron chi connectivity index (χ3n) is 6.15. The number of esters is 1. The van der Waals surface area contributed by atoms with E-state index in [9.17, 15) is 17.6 Å². The van der Waals surface area contributed by atoms with Gasteiger partial charge in [0.1, 0.15) is 10.8 Å². The minimum atomic E-state index is -4.11. The predicted molar refractivity (Wildman–Crippen MR) is 141 cm³/mol. The van der Waals surface area contributed by atoms with Gasteiger partial charge in [-0.25, -0.2) is 27.6 Å². The molecule has 0 fully saturated rings. The second-order valence-electron chi connectivity index (χ2n) is 8.87. The smallest absolute Gasteiger partial charge is 0.341 e. The summed E-state index contributed by atoms with van der Waals surface area (Å²) in [6.45, 7) is 4.16. The first kappa shape index (κ1) is 25.1. The fraction of sp³-hybridized carbons (Fsp3) is 0.269. The molecule has 0 saturated carbocycles. The van der Waals surface area contributed by atoms with Crippen LogP contribution >= 0.6 is 11.3 Å². The molecule has 1 aliphatic rings. The van der Waals surface area contributed by atoms with Crippen molar-refractivity contribution in [3.8, 4) is 0 Å². The van der Waals surface area contributed by atoms with Gasteiger partial charge in [0.2, 0.25) is 0 Å². The lowest BCUT2D eigenvalue weighted by Gasteiger charge is -2.18. The van der Waals surface area contributed by atoms with Gasteiger partial charge in [0.25, 0.3) is 10.0 Å². The first-order valence-electron chi connectivity index (χ1n) is 11.9. The number of fused-ring (bicyclic) bond motifs is 2. The molecule has 0 amide bonds. The van der Waals surface area contributed by atoms with E-state index in [0.717, 1.165) is 41.8 Å². The van der Waals surface area contributed by atoms with Gasteiger partial charge in [-0.3, -0.25) is 4.72 Å². The molecule has 0 spiro atoms. The molecule has 0 aliphatic heterocycles. The molecule has 0 unspecified atom stereocenters. The molecule has 2 aromatic carbocycles. The van der Waals surface area contributed by atoms with Crippen LogP contribution in [0.3, 0.4) is 0 Å². The topological polar surface area (TPSA) is 110 Å². The number of carbonyl (C=O) groups excluding carboxylic acids is 1. The highest BCUT2D eigenvalue weighted by molar-refractivity contribution is 7.92. The van der Waals surface area contributed by atoms with Crippen LogP contribution in [0.1, 0.15) is 41.1 Å². The Morgan fingerprint density at radius 2 is 1.78 bits per heavy atom. The summed E-state index contributed by atoms with van der Waals surface area (Å²) in [6.07, 6.45) is 2.58. The van der Waals surface area contributed by atoms with Gasteiger partial charge < -0.3 is 10.1 Å². The van der Waals surface area contributed by atoms with Crippen molar-refractivity contribution in [1.29, 1.82) is 0 Å². The Morgan fingerprint density at radius 3 is 2.46 bits per heavy atom. The lowest BCUT2D eigenvalue weighted by Crippen LogP contribution is -2.16. The first-order valence-corrected chi connectivity index (χ1v) is 14.2. The minimum absolute atomic E-state index is 0.0439. The van der Waals surface area contributed by atoms with Gasteiger partial charge in [-0.15, -0.1) is 11.3 Å². The molecule has 1 aliphatic carbocycles. The average Bonchev–Trinajstić information content (AvgIpc) is 3.21. The van der Waals surface area contributed by atoms with Crippen molar-refractivity contribution in [1.82, 2.24) is 9.97 Å².